The summed E-state index contributed by atoms with van der Waals surface area (Å²) in [6.07, 6.45) is 1.51. The van der Waals surface area contributed by atoms with Crippen LogP contribution >= 0.6 is 11.8 Å². The second-order valence-corrected chi connectivity index (χ2v) is 5.73. The fourth-order valence-electron chi connectivity index (χ4n) is 1.96. The van der Waals surface area contributed by atoms with E-state index in [1.165, 1.54) is 22.9 Å². The van der Waals surface area contributed by atoms with Gasteiger partial charge in [-0.2, -0.15) is 5.26 Å². The Kier molecular flexibility index (Phi) is 4.70. The van der Waals surface area contributed by atoms with Crippen molar-refractivity contribution in [2.75, 3.05) is 6.54 Å². The molecule has 0 saturated carbocycles. The van der Waals surface area contributed by atoms with Gasteiger partial charge in [0.1, 0.15) is 22.4 Å². The van der Waals surface area contributed by atoms with Crippen LogP contribution in [0.15, 0.2) is 33.4 Å². The SMILES string of the molecule is CCN1C(=O)[C@@H](C)S/C1=C(/C#N)C(=O)NCc1ccco1. The van der Waals surface area contributed by atoms with Crippen molar-refractivity contribution in [3.8, 4) is 6.07 Å². The van der Waals surface area contributed by atoms with Gasteiger partial charge in [-0.25, -0.2) is 0 Å². The second-order valence-electron chi connectivity index (χ2n) is 4.40. The standard InChI is InChI=1S/C14H15N3O3S/c1-3-17-13(19)9(2)21-14(17)11(7-15)12(18)16-8-10-5-4-6-20-10/h4-6,9H,3,8H2,1-2H3,(H,16,18)/b14-11-/t9-/m1/s1. The van der Waals surface area contributed by atoms with Crippen LogP contribution in [0.2, 0.25) is 0 Å². The van der Waals surface area contributed by atoms with Gasteiger partial charge in [-0.05, 0) is 26.0 Å². The van der Waals surface area contributed by atoms with Gasteiger partial charge >= 0.3 is 0 Å². The summed E-state index contributed by atoms with van der Waals surface area (Å²) in [6, 6.07) is 5.35. The molecule has 1 aromatic heterocycles. The molecule has 0 aromatic carbocycles. The molecule has 110 valence electrons. The quantitative estimate of drug-likeness (QED) is 0.674. The third-order valence-electron chi connectivity index (χ3n) is 3.02. The Morgan fingerprint density at radius 1 is 1.62 bits per heavy atom. The van der Waals surface area contributed by atoms with Gasteiger partial charge in [0.2, 0.25) is 5.91 Å². The van der Waals surface area contributed by atoms with Crippen LogP contribution in [0.3, 0.4) is 0 Å². The molecular weight excluding hydrogens is 290 g/mol. The molecule has 1 fully saturated rings. The van der Waals surface area contributed by atoms with Crippen molar-refractivity contribution in [2.45, 2.75) is 25.6 Å². The predicted molar refractivity (Wildman–Crippen MR) is 77.6 cm³/mol. The summed E-state index contributed by atoms with van der Waals surface area (Å²) < 4.78 is 5.12. The van der Waals surface area contributed by atoms with Gasteiger partial charge in [-0.15, -0.1) is 0 Å². The van der Waals surface area contributed by atoms with Gasteiger partial charge in [-0.1, -0.05) is 11.8 Å². The van der Waals surface area contributed by atoms with E-state index in [4.69, 9.17) is 4.42 Å². The van der Waals surface area contributed by atoms with Crippen LogP contribution in [0, 0.1) is 11.3 Å². The van der Waals surface area contributed by atoms with Crippen LogP contribution < -0.4 is 5.32 Å². The lowest BCUT2D eigenvalue weighted by atomic mass is 10.2. The first kappa shape index (κ1) is 15.2. The summed E-state index contributed by atoms with van der Waals surface area (Å²) in [5.74, 6) is 0.0161. The fourth-order valence-corrected chi connectivity index (χ4v) is 3.12. The maximum atomic E-state index is 12.1. The van der Waals surface area contributed by atoms with Gasteiger partial charge in [0.25, 0.3) is 5.91 Å². The number of rotatable bonds is 4. The van der Waals surface area contributed by atoms with E-state index in [0.29, 0.717) is 17.3 Å². The highest BCUT2D eigenvalue weighted by molar-refractivity contribution is 8.04. The molecule has 21 heavy (non-hydrogen) atoms. The minimum absolute atomic E-state index is 0.0360. The van der Waals surface area contributed by atoms with E-state index in [1.54, 1.807) is 19.1 Å². The highest BCUT2D eigenvalue weighted by Crippen LogP contribution is 2.36. The lowest BCUT2D eigenvalue weighted by Gasteiger charge is -2.15. The number of carbonyl (C=O) groups is 2. The second kappa shape index (κ2) is 6.50. The number of furan rings is 1. The Hall–Kier alpha value is -2.20. The van der Waals surface area contributed by atoms with Gasteiger partial charge in [-0.3, -0.25) is 9.59 Å². The Morgan fingerprint density at radius 2 is 2.38 bits per heavy atom. The monoisotopic (exact) mass is 305 g/mol. The first-order valence-electron chi connectivity index (χ1n) is 6.51. The molecule has 0 radical (unpaired) electrons. The van der Waals surface area contributed by atoms with Gasteiger partial charge in [0.05, 0.1) is 18.1 Å². The van der Waals surface area contributed by atoms with Crippen LogP contribution in [0.5, 0.6) is 0 Å². The highest BCUT2D eigenvalue weighted by Gasteiger charge is 2.36. The number of hydrogen-bond acceptors (Lipinski definition) is 5. The number of hydrogen-bond donors (Lipinski definition) is 1. The fraction of sp³-hybridized carbons (Fsp3) is 0.357. The van der Waals surface area contributed by atoms with Crippen LogP contribution in [0.4, 0.5) is 0 Å². The molecule has 1 atom stereocenters. The zero-order valence-corrected chi connectivity index (χ0v) is 12.6. The summed E-state index contributed by atoms with van der Waals surface area (Å²) in [5, 5.41) is 12.0. The molecular formula is C14H15N3O3S. The smallest absolute Gasteiger partial charge is 0.265 e. The highest BCUT2D eigenvalue weighted by atomic mass is 32.2. The normalized spacial score (nSPS) is 20.3. The number of nitriles is 1. The van der Waals surface area contributed by atoms with Crippen LogP contribution in [-0.4, -0.2) is 28.5 Å². The van der Waals surface area contributed by atoms with Gasteiger partial charge in [0.15, 0.2) is 0 Å². The number of nitrogens with zero attached hydrogens (tertiary/aromatic N) is 2. The first-order valence-corrected chi connectivity index (χ1v) is 7.39. The third kappa shape index (κ3) is 3.11. The topological polar surface area (TPSA) is 86.3 Å². The average molecular weight is 305 g/mol. The van der Waals surface area contributed by atoms with Gasteiger partial charge in [0, 0.05) is 6.54 Å². The van der Waals surface area contributed by atoms with E-state index in [1.807, 2.05) is 13.0 Å². The Morgan fingerprint density at radius 3 is 2.95 bits per heavy atom. The molecule has 2 heterocycles. The molecule has 6 nitrogen and oxygen atoms in total. The van der Waals surface area contributed by atoms with Crippen molar-refractivity contribution in [1.82, 2.24) is 10.2 Å². The molecule has 2 amide bonds. The van der Waals surface area contributed by atoms with E-state index in [0.717, 1.165) is 0 Å². The van der Waals surface area contributed by atoms with Crippen molar-refractivity contribution in [2.24, 2.45) is 0 Å². The predicted octanol–water partition coefficient (Wildman–Crippen LogP) is 1.61. The molecule has 7 heteroatoms. The molecule has 0 spiro atoms. The van der Waals surface area contributed by atoms with Crippen molar-refractivity contribution >= 4 is 23.6 Å². The molecule has 1 aliphatic rings. The molecule has 1 aliphatic heterocycles. The van der Waals surface area contributed by atoms with Crippen molar-refractivity contribution in [1.29, 1.82) is 5.26 Å². The van der Waals surface area contributed by atoms with E-state index in [2.05, 4.69) is 5.32 Å². The van der Waals surface area contributed by atoms with Crippen molar-refractivity contribution in [3.05, 3.63) is 34.8 Å². The van der Waals surface area contributed by atoms with E-state index < -0.39 is 5.91 Å². The van der Waals surface area contributed by atoms with Crippen molar-refractivity contribution < 1.29 is 14.0 Å². The number of thioether (sulfide) groups is 1. The number of carbonyl (C=O) groups excluding carboxylic acids is 2. The summed E-state index contributed by atoms with van der Waals surface area (Å²) in [4.78, 5) is 25.6. The summed E-state index contributed by atoms with van der Waals surface area (Å²) in [5.41, 5.74) is -0.0360. The zero-order valence-electron chi connectivity index (χ0n) is 11.8. The molecule has 1 aromatic rings. The number of amides is 2. The average Bonchev–Trinajstić information content (AvgIpc) is 3.07. The Bertz CT molecular complexity index is 616. The molecule has 0 aliphatic carbocycles. The maximum absolute atomic E-state index is 12.1. The van der Waals surface area contributed by atoms with E-state index in [-0.39, 0.29) is 23.3 Å². The van der Waals surface area contributed by atoms with Crippen LogP contribution in [0.1, 0.15) is 19.6 Å². The molecule has 1 saturated heterocycles. The van der Waals surface area contributed by atoms with E-state index in [9.17, 15) is 14.9 Å². The number of nitrogens with one attached hydrogen (secondary N) is 1. The van der Waals surface area contributed by atoms with Crippen molar-refractivity contribution in [3.63, 3.8) is 0 Å². The third-order valence-corrected chi connectivity index (χ3v) is 4.22. The van der Waals surface area contributed by atoms with Gasteiger partial charge < -0.3 is 14.6 Å². The molecule has 1 N–H and O–H groups in total. The summed E-state index contributed by atoms with van der Waals surface area (Å²) in [7, 11) is 0. The van der Waals surface area contributed by atoms with Crippen LogP contribution in [-0.2, 0) is 16.1 Å². The minimum Gasteiger partial charge on any atom is -0.467 e. The zero-order chi connectivity index (χ0) is 15.4. The van der Waals surface area contributed by atoms with E-state index >= 15 is 0 Å². The lowest BCUT2D eigenvalue weighted by Crippen LogP contribution is -2.30. The van der Waals surface area contributed by atoms with Crippen LogP contribution in [0.25, 0.3) is 0 Å². The lowest BCUT2D eigenvalue weighted by molar-refractivity contribution is -0.127. The maximum Gasteiger partial charge on any atom is 0.265 e. The Balaban J connectivity index is 2.18. The molecule has 0 bridgehead atoms. The molecule has 0 unspecified atom stereocenters. The first-order chi connectivity index (χ1) is 10.1. The minimum atomic E-state index is -0.503. The summed E-state index contributed by atoms with van der Waals surface area (Å²) >= 11 is 1.24. The summed E-state index contributed by atoms with van der Waals surface area (Å²) in [6.45, 7) is 4.21. The molecule has 2 rings (SSSR count). The Labute approximate surface area is 126 Å². The largest absolute Gasteiger partial charge is 0.467 e.